The minimum atomic E-state index is 0.153. The Labute approximate surface area is 238 Å². The highest BCUT2D eigenvalue weighted by Gasteiger charge is 2.19. The molecular weight excluding hydrogens is 472 g/mol. The van der Waals surface area contributed by atoms with Crippen molar-refractivity contribution in [2.45, 2.75) is 73.3 Å². The van der Waals surface area contributed by atoms with E-state index in [0.717, 1.165) is 43.6 Å². The molecule has 1 aliphatic heterocycles. The quantitative estimate of drug-likeness (QED) is 0.279. The summed E-state index contributed by atoms with van der Waals surface area (Å²) in [6, 6.07) is 18.4. The van der Waals surface area contributed by atoms with Crippen LogP contribution in [0.3, 0.4) is 0 Å². The van der Waals surface area contributed by atoms with E-state index < -0.39 is 0 Å². The van der Waals surface area contributed by atoms with Crippen molar-refractivity contribution in [3.8, 4) is 0 Å². The van der Waals surface area contributed by atoms with Crippen LogP contribution in [0.25, 0.3) is 5.57 Å². The van der Waals surface area contributed by atoms with Gasteiger partial charge in [-0.3, -0.25) is 0 Å². The van der Waals surface area contributed by atoms with Crippen LogP contribution in [0, 0.1) is 12.8 Å². The van der Waals surface area contributed by atoms with Crippen LogP contribution in [0.4, 0.5) is 0 Å². The molecule has 1 saturated heterocycles. The zero-order chi connectivity index (χ0) is 28.4. The Balaban J connectivity index is 1.81. The van der Waals surface area contributed by atoms with Crippen molar-refractivity contribution >= 4 is 5.57 Å². The molecule has 0 radical (unpaired) electrons. The van der Waals surface area contributed by atoms with E-state index in [1.807, 2.05) is 6.08 Å². The normalized spacial score (nSPS) is 15.8. The standard InChI is InChI=1S/C37H50N2/c1-9-22-39-23-20-36(21-24-39)37(34-14-12-28(6)13-15-34)35-18-16-33(17-19-35)30(8)38-29(7)32(11-3)26-31(10-2)25-27(4)5/h10-19,26-27,30,38H,2,7,9,20-25H2,1,3-6,8H3/b31-26+,32-11+. The molecule has 2 nitrogen and oxygen atoms in total. The number of nitrogens with one attached hydrogen (secondary N) is 1. The van der Waals surface area contributed by atoms with Gasteiger partial charge in [0.15, 0.2) is 0 Å². The Bertz CT molecular complexity index is 1180. The molecule has 0 bridgehead atoms. The minimum Gasteiger partial charge on any atom is -0.379 e. The van der Waals surface area contributed by atoms with Crippen LogP contribution < -0.4 is 5.32 Å². The summed E-state index contributed by atoms with van der Waals surface area (Å²) in [7, 11) is 0. The van der Waals surface area contributed by atoms with Crippen molar-refractivity contribution in [2.24, 2.45) is 5.92 Å². The highest BCUT2D eigenvalue weighted by Crippen LogP contribution is 2.33. The summed E-state index contributed by atoms with van der Waals surface area (Å²) in [6.07, 6.45) is 10.8. The summed E-state index contributed by atoms with van der Waals surface area (Å²) < 4.78 is 0. The van der Waals surface area contributed by atoms with E-state index in [1.54, 1.807) is 5.57 Å². The van der Waals surface area contributed by atoms with Crippen LogP contribution >= 0.6 is 0 Å². The first-order chi connectivity index (χ1) is 18.7. The zero-order valence-electron chi connectivity index (χ0n) is 25.3. The van der Waals surface area contributed by atoms with Gasteiger partial charge in [0.25, 0.3) is 0 Å². The van der Waals surface area contributed by atoms with E-state index >= 15 is 0 Å². The topological polar surface area (TPSA) is 15.3 Å². The fourth-order valence-electron chi connectivity index (χ4n) is 5.49. The number of allylic oxidation sites excluding steroid dienone is 4. The van der Waals surface area contributed by atoms with Gasteiger partial charge < -0.3 is 10.2 Å². The van der Waals surface area contributed by atoms with Gasteiger partial charge in [0.05, 0.1) is 0 Å². The Morgan fingerprint density at radius 3 is 2.08 bits per heavy atom. The molecule has 1 N–H and O–H groups in total. The van der Waals surface area contributed by atoms with Crippen molar-refractivity contribution in [3.05, 3.63) is 125 Å². The predicted molar refractivity (Wildman–Crippen MR) is 172 cm³/mol. The van der Waals surface area contributed by atoms with E-state index in [4.69, 9.17) is 0 Å². The van der Waals surface area contributed by atoms with Crippen molar-refractivity contribution < 1.29 is 0 Å². The second-order valence-corrected chi connectivity index (χ2v) is 11.4. The molecule has 39 heavy (non-hydrogen) atoms. The van der Waals surface area contributed by atoms with Gasteiger partial charge >= 0.3 is 0 Å². The molecule has 0 aromatic heterocycles. The lowest BCUT2D eigenvalue weighted by molar-refractivity contribution is 0.257. The monoisotopic (exact) mass is 522 g/mol. The summed E-state index contributed by atoms with van der Waals surface area (Å²) in [6.45, 7) is 25.1. The third-order valence-electron chi connectivity index (χ3n) is 7.69. The van der Waals surface area contributed by atoms with Gasteiger partial charge in [0.2, 0.25) is 0 Å². The lowest BCUT2D eigenvalue weighted by Gasteiger charge is -2.30. The van der Waals surface area contributed by atoms with E-state index in [2.05, 4.69) is 126 Å². The fourth-order valence-corrected chi connectivity index (χ4v) is 5.49. The summed E-state index contributed by atoms with van der Waals surface area (Å²) in [5.41, 5.74) is 11.5. The number of nitrogens with zero attached hydrogens (tertiary/aromatic N) is 1. The van der Waals surface area contributed by atoms with Crippen molar-refractivity contribution in [2.75, 3.05) is 19.6 Å². The second kappa shape index (κ2) is 14.9. The molecule has 1 unspecified atom stereocenters. The molecule has 0 aliphatic carbocycles. The van der Waals surface area contributed by atoms with Crippen LogP contribution in [-0.2, 0) is 0 Å². The van der Waals surface area contributed by atoms with Gasteiger partial charge in [-0.1, -0.05) is 112 Å². The lowest BCUT2D eigenvalue weighted by Crippen LogP contribution is -2.31. The Kier molecular flexibility index (Phi) is 11.6. The number of likely N-dealkylation sites (tertiary alicyclic amines) is 1. The Morgan fingerprint density at radius 2 is 1.56 bits per heavy atom. The van der Waals surface area contributed by atoms with Crippen LogP contribution in [0.2, 0.25) is 0 Å². The zero-order valence-corrected chi connectivity index (χ0v) is 25.3. The lowest BCUT2D eigenvalue weighted by atomic mass is 9.87. The van der Waals surface area contributed by atoms with Gasteiger partial charge in [-0.15, -0.1) is 0 Å². The maximum absolute atomic E-state index is 4.36. The van der Waals surface area contributed by atoms with Gasteiger partial charge in [-0.05, 0) is 92.3 Å². The largest absolute Gasteiger partial charge is 0.379 e. The molecule has 0 spiro atoms. The molecule has 0 amide bonds. The summed E-state index contributed by atoms with van der Waals surface area (Å²) in [5.74, 6) is 0.592. The van der Waals surface area contributed by atoms with Crippen molar-refractivity contribution in [1.29, 1.82) is 0 Å². The molecule has 1 heterocycles. The molecule has 1 atom stereocenters. The maximum Gasteiger partial charge on any atom is 0.0485 e. The average molecular weight is 523 g/mol. The highest BCUT2D eigenvalue weighted by atomic mass is 15.1. The molecule has 208 valence electrons. The van der Waals surface area contributed by atoms with Gasteiger partial charge in [-0.25, -0.2) is 0 Å². The van der Waals surface area contributed by atoms with E-state index in [0.29, 0.717) is 5.92 Å². The maximum atomic E-state index is 4.36. The van der Waals surface area contributed by atoms with Gasteiger partial charge in [0, 0.05) is 24.8 Å². The van der Waals surface area contributed by atoms with E-state index in [9.17, 15) is 0 Å². The number of benzene rings is 2. The molecule has 0 saturated carbocycles. The first-order valence-corrected chi connectivity index (χ1v) is 14.8. The summed E-state index contributed by atoms with van der Waals surface area (Å²) in [4.78, 5) is 2.61. The average Bonchev–Trinajstić information content (AvgIpc) is 2.93. The van der Waals surface area contributed by atoms with Crippen molar-refractivity contribution in [1.82, 2.24) is 10.2 Å². The SMILES string of the molecule is C=C/C(=C\C(=C/C)C(=C)NC(C)c1ccc(C(=C2CCN(CCC)CC2)c2ccc(C)cc2)cc1)CC(C)C. The number of hydrogen-bond acceptors (Lipinski definition) is 2. The number of hydrogen-bond donors (Lipinski definition) is 1. The minimum absolute atomic E-state index is 0.153. The summed E-state index contributed by atoms with van der Waals surface area (Å²) in [5, 5.41) is 3.64. The molecule has 1 fully saturated rings. The number of rotatable bonds is 12. The molecular formula is C37H50N2. The van der Waals surface area contributed by atoms with Crippen LogP contribution in [-0.4, -0.2) is 24.5 Å². The third-order valence-corrected chi connectivity index (χ3v) is 7.69. The molecule has 1 aliphatic rings. The van der Waals surface area contributed by atoms with Gasteiger partial charge in [0.1, 0.15) is 0 Å². The van der Waals surface area contributed by atoms with E-state index in [-0.39, 0.29) is 6.04 Å². The summed E-state index contributed by atoms with van der Waals surface area (Å²) >= 11 is 0. The first-order valence-electron chi connectivity index (χ1n) is 14.8. The fraction of sp³-hybridized carbons (Fsp3) is 0.405. The van der Waals surface area contributed by atoms with Crippen molar-refractivity contribution in [3.63, 3.8) is 0 Å². The molecule has 3 rings (SSSR count). The van der Waals surface area contributed by atoms with Crippen LogP contribution in [0.1, 0.15) is 88.6 Å². The van der Waals surface area contributed by atoms with E-state index in [1.165, 1.54) is 46.4 Å². The van der Waals surface area contributed by atoms with Crippen LogP contribution in [0.5, 0.6) is 0 Å². The number of piperidine rings is 1. The smallest absolute Gasteiger partial charge is 0.0485 e. The Morgan fingerprint density at radius 1 is 0.974 bits per heavy atom. The number of aryl methyl sites for hydroxylation is 1. The molecule has 2 aromatic rings. The molecule has 2 heteroatoms. The Hall–Kier alpha value is -3.10. The third kappa shape index (κ3) is 8.70. The molecule has 2 aromatic carbocycles. The van der Waals surface area contributed by atoms with Gasteiger partial charge in [-0.2, -0.15) is 0 Å². The highest BCUT2D eigenvalue weighted by molar-refractivity contribution is 5.82. The first kappa shape index (κ1) is 30.4. The predicted octanol–water partition coefficient (Wildman–Crippen LogP) is 9.57. The van der Waals surface area contributed by atoms with Crippen LogP contribution in [0.15, 0.2) is 102 Å². The second-order valence-electron chi connectivity index (χ2n) is 11.4.